The van der Waals surface area contributed by atoms with Crippen molar-refractivity contribution in [1.82, 2.24) is 0 Å². The lowest BCUT2D eigenvalue weighted by atomic mass is 9.78. The van der Waals surface area contributed by atoms with Crippen molar-refractivity contribution in [3.63, 3.8) is 0 Å². The molecule has 0 amide bonds. The molecule has 2 saturated carbocycles. The fourth-order valence-electron chi connectivity index (χ4n) is 9.49. The third kappa shape index (κ3) is 13.4. The maximum Gasteiger partial charge on any atom is 0.124 e. The van der Waals surface area contributed by atoms with E-state index in [1.165, 1.54) is 146 Å². The Kier molecular flexibility index (Phi) is 19.2. The fraction of sp³-hybridized carbons (Fsp3) is 0.556. The molecule has 59 heavy (non-hydrogen) atoms. The van der Waals surface area contributed by atoms with Gasteiger partial charge in [0.2, 0.25) is 0 Å². The van der Waals surface area contributed by atoms with E-state index >= 15 is 0 Å². The number of benzene rings is 4. The van der Waals surface area contributed by atoms with E-state index in [0.717, 1.165) is 71.2 Å². The highest BCUT2D eigenvalue weighted by Crippen LogP contribution is 2.46. The summed E-state index contributed by atoms with van der Waals surface area (Å²) in [4.78, 5) is 2.40. The Labute approximate surface area is 380 Å². The predicted molar refractivity (Wildman–Crippen MR) is 260 cm³/mol. The normalized spacial score (nSPS) is 19.5. The van der Waals surface area contributed by atoms with Crippen LogP contribution in [0.4, 0.5) is 0 Å². The molecule has 2 fully saturated rings. The molecule has 2 nitrogen and oxygen atoms in total. The summed E-state index contributed by atoms with van der Waals surface area (Å²) in [6.45, 7) is 10.7. The van der Waals surface area contributed by atoms with Gasteiger partial charge in [-0.2, -0.15) is 0 Å². The number of rotatable bonds is 22. The molecule has 6 rings (SSSR count). The molecule has 0 radical (unpaired) electrons. The van der Waals surface area contributed by atoms with Crippen LogP contribution in [0.15, 0.2) is 91.5 Å². The summed E-state index contributed by atoms with van der Waals surface area (Å²) >= 11 is 10.1. The van der Waals surface area contributed by atoms with Crippen molar-refractivity contribution in [3.8, 4) is 11.5 Å². The first-order valence-electron chi connectivity index (χ1n) is 23.6. The number of hydrogen-bond acceptors (Lipinski definition) is 3. The average molecular weight is 945 g/mol. The van der Waals surface area contributed by atoms with Gasteiger partial charge in [0.05, 0.1) is 13.2 Å². The molecular formula is C54H72Br2O2S. The molecule has 0 atom stereocenters. The summed E-state index contributed by atoms with van der Waals surface area (Å²) in [7, 11) is 0. The predicted octanol–water partition coefficient (Wildman–Crippen LogP) is 17.8. The van der Waals surface area contributed by atoms with E-state index in [0.29, 0.717) is 11.8 Å². The van der Waals surface area contributed by atoms with Gasteiger partial charge in [-0.1, -0.05) is 139 Å². The molecule has 0 heterocycles. The first-order chi connectivity index (χ1) is 28.9. The maximum absolute atomic E-state index is 6.56. The standard InChI is InChI=1S/C54H72Br2O2S/c1-5-9-11-13-35-57-49-31-33-51(53(55)47(49)37-41-19-27-45(28-20-41)43-23-15-39(7-3)16-24-43)59-52-34-32-50(58-36-14-12-10-6-2)48(54(52)56)38-42-21-29-46(30-22-42)44-25-17-40(8-4)18-26-44/h19-22,27-34,39-40,43-44H,5-18,23-26,35-38H2,1-4H3/t39-,40-,43-,44-. The van der Waals surface area contributed by atoms with E-state index in [1.54, 1.807) is 0 Å². The Bertz CT molecular complexity index is 1700. The second kappa shape index (κ2) is 24.4. The zero-order chi connectivity index (χ0) is 41.4. The largest absolute Gasteiger partial charge is 0.493 e. The summed E-state index contributed by atoms with van der Waals surface area (Å²) in [5.74, 6) is 5.24. The van der Waals surface area contributed by atoms with Gasteiger partial charge in [-0.05, 0) is 166 Å². The second-order valence-corrected chi connectivity index (χ2v) is 20.4. The molecule has 2 aliphatic carbocycles. The maximum atomic E-state index is 6.56. The molecule has 4 aromatic carbocycles. The van der Waals surface area contributed by atoms with Crippen LogP contribution in [0.3, 0.4) is 0 Å². The molecule has 0 aliphatic heterocycles. The molecule has 0 bridgehead atoms. The summed E-state index contributed by atoms with van der Waals surface area (Å²) in [5.41, 5.74) is 8.15. The van der Waals surface area contributed by atoms with Gasteiger partial charge in [-0.15, -0.1) is 0 Å². The minimum atomic E-state index is 0.705. The van der Waals surface area contributed by atoms with Crippen LogP contribution in [-0.2, 0) is 12.8 Å². The van der Waals surface area contributed by atoms with Crippen molar-refractivity contribution in [1.29, 1.82) is 0 Å². The van der Waals surface area contributed by atoms with E-state index in [4.69, 9.17) is 9.47 Å². The lowest BCUT2D eigenvalue weighted by molar-refractivity contribution is 0.302. The number of unbranched alkanes of at least 4 members (excludes halogenated alkanes) is 6. The molecule has 320 valence electrons. The van der Waals surface area contributed by atoms with Gasteiger partial charge in [0.1, 0.15) is 11.5 Å². The molecule has 0 spiro atoms. The monoisotopic (exact) mass is 942 g/mol. The van der Waals surface area contributed by atoms with Crippen LogP contribution in [0.1, 0.15) is 188 Å². The quantitative estimate of drug-likeness (QED) is 0.0732. The van der Waals surface area contributed by atoms with Crippen LogP contribution in [0.2, 0.25) is 0 Å². The Hall–Kier alpha value is -2.21. The lowest BCUT2D eigenvalue weighted by Crippen LogP contribution is -2.12. The molecule has 4 aromatic rings. The van der Waals surface area contributed by atoms with Gasteiger partial charge in [0, 0.05) is 42.7 Å². The molecule has 0 aromatic heterocycles. The number of hydrogen-bond donors (Lipinski definition) is 0. The zero-order valence-electron chi connectivity index (χ0n) is 36.8. The lowest BCUT2D eigenvalue weighted by Gasteiger charge is -2.28. The topological polar surface area (TPSA) is 18.5 Å². The molecule has 2 aliphatic rings. The number of halogens is 2. The smallest absolute Gasteiger partial charge is 0.124 e. The Morgan fingerprint density at radius 3 is 1.22 bits per heavy atom. The first kappa shape index (κ1) is 46.3. The van der Waals surface area contributed by atoms with Crippen molar-refractivity contribution in [2.24, 2.45) is 11.8 Å². The number of ether oxygens (including phenoxy) is 2. The van der Waals surface area contributed by atoms with E-state index in [1.807, 2.05) is 11.8 Å². The van der Waals surface area contributed by atoms with Crippen molar-refractivity contribution < 1.29 is 9.47 Å². The zero-order valence-corrected chi connectivity index (χ0v) is 40.8. The van der Waals surface area contributed by atoms with E-state index in [9.17, 15) is 0 Å². The molecule has 0 N–H and O–H groups in total. The van der Waals surface area contributed by atoms with Gasteiger partial charge in [-0.25, -0.2) is 0 Å². The van der Waals surface area contributed by atoms with E-state index in [2.05, 4.69) is 132 Å². The summed E-state index contributed by atoms with van der Waals surface area (Å²) in [6.07, 6.45) is 24.7. The van der Waals surface area contributed by atoms with Crippen molar-refractivity contribution in [3.05, 3.63) is 115 Å². The molecule has 5 heteroatoms. The Balaban J connectivity index is 1.23. The van der Waals surface area contributed by atoms with Crippen LogP contribution in [-0.4, -0.2) is 13.2 Å². The summed E-state index contributed by atoms with van der Waals surface area (Å²) in [5, 5.41) is 0. The van der Waals surface area contributed by atoms with Crippen molar-refractivity contribution >= 4 is 43.6 Å². The third-order valence-electron chi connectivity index (χ3n) is 13.6. The Morgan fingerprint density at radius 1 is 0.475 bits per heavy atom. The van der Waals surface area contributed by atoms with Gasteiger partial charge in [0.15, 0.2) is 0 Å². The highest BCUT2D eigenvalue weighted by atomic mass is 79.9. The summed E-state index contributed by atoms with van der Waals surface area (Å²) < 4.78 is 15.4. The summed E-state index contributed by atoms with van der Waals surface area (Å²) in [6, 6.07) is 28.0. The average Bonchev–Trinajstić information content (AvgIpc) is 3.27. The fourth-order valence-corrected chi connectivity index (χ4v) is 11.8. The van der Waals surface area contributed by atoms with Crippen molar-refractivity contribution in [2.45, 2.75) is 178 Å². The van der Waals surface area contributed by atoms with Gasteiger partial charge >= 0.3 is 0 Å². The third-order valence-corrected chi connectivity index (χ3v) is 17.0. The van der Waals surface area contributed by atoms with Crippen LogP contribution < -0.4 is 9.47 Å². The van der Waals surface area contributed by atoms with Crippen LogP contribution >= 0.6 is 43.6 Å². The van der Waals surface area contributed by atoms with Gasteiger partial charge < -0.3 is 9.47 Å². The highest BCUT2D eigenvalue weighted by molar-refractivity contribution is 9.11. The first-order valence-corrected chi connectivity index (χ1v) is 26.0. The second-order valence-electron chi connectivity index (χ2n) is 17.7. The van der Waals surface area contributed by atoms with Crippen LogP contribution in [0.5, 0.6) is 11.5 Å². The van der Waals surface area contributed by atoms with E-state index in [-0.39, 0.29) is 0 Å². The van der Waals surface area contributed by atoms with Gasteiger partial charge in [-0.3, -0.25) is 0 Å². The minimum absolute atomic E-state index is 0.705. The molecular weight excluding hydrogens is 872 g/mol. The minimum Gasteiger partial charge on any atom is -0.493 e. The highest BCUT2D eigenvalue weighted by Gasteiger charge is 2.24. The SMILES string of the molecule is CCCCCCOc1ccc(Sc2ccc(OCCCCCC)c(Cc3ccc([C@H]4CC[C@H](CC)CC4)cc3)c2Br)c(Br)c1Cc1ccc([C@H]2CC[C@H](CC)CC2)cc1. The van der Waals surface area contributed by atoms with E-state index < -0.39 is 0 Å². The molecule has 0 unspecified atom stereocenters. The Morgan fingerprint density at radius 2 is 0.864 bits per heavy atom. The van der Waals surface area contributed by atoms with Gasteiger partial charge in [0.25, 0.3) is 0 Å². The molecule has 0 saturated heterocycles. The van der Waals surface area contributed by atoms with Crippen LogP contribution in [0.25, 0.3) is 0 Å². The van der Waals surface area contributed by atoms with Crippen molar-refractivity contribution in [2.75, 3.05) is 13.2 Å². The van der Waals surface area contributed by atoms with Crippen LogP contribution in [0, 0.1) is 11.8 Å².